The minimum Gasteiger partial charge on any atom is -0.399 e. The number of carbonyl (C=O) groups is 1. The van der Waals surface area contributed by atoms with Gasteiger partial charge in [-0.05, 0) is 30.3 Å². The number of benzene rings is 2. The molecule has 2 N–H and O–H groups in total. The van der Waals surface area contributed by atoms with E-state index in [0.717, 1.165) is 12.1 Å². The van der Waals surface area contributed by atoms with E-state index in [4.69, 9.17) is 17.3 Å². The highest BCUT2D eigenvalue weighted by molar-refractivity contribution is 9.10. The molecule has 0 aromatic heterocycles. The molecule has 0 amide bonds. The third-order valence-electron chi connectivity index (χ3n) is 2.47. The van der Waals surface area contributed by atoms with Crippen LogP contribution < -0.4 is 5.73 Å². The van der Waals surface area contributed by atoms with Gasteiger partial charge < -0.3 is 5.73 Å². The fourth-order valence-corrected chi connectivity index (χ4v) is 2.29. The zero-order valence-electron chi connectivity index (χ0n) is 9.38. The summed E-state index contributed by atoms with van der Waals surface area (Å²) in [6, 6.07) is 6.15. The number of hydrogen-bond acceptors (Lipinski definition) is 2. The Kier molecular flexibility index (Phi) is 3.87. The number of ketones is 1. The predicted octanol–water partition coefficient (Wildman–Crippen LogP) is 4.19. The number of hydrogen-bond donors (Lipinski definition) is 1. The quantitative estimate of drug-likeness (QED) is 0.654. The molecule has 2 rings (SSSR count). The van der Waals surface area contributed by atoms with Gasteiger partial charge in [0.05, 0.1) is 10.6 Å². The van der Waals surface area contributed by atoms with Crippen LogP contribution >= 0.6 is 27.5 Å². The molecule has 0 unspecified atom stereocenters. The highest BCUT2D eigenvalue weighted by Crippen LogP contribution is 2.26. The lowest BCUT2D eigenvalue weighted by Gasteiger charge is -2.07. The molecule has 0 saturated heterocycles. The van der Waals surface area contributed by atoms with E-state index in [1.54, 1.807) is 0 Å². The number of carbonyl (C=O) groups excluding carboxylic acids is 1. The first-order chi connectivity index (χ1) is 8.90. The van der Waals surface area contributed by atoms with Crippen LogP contribution in [0, 0.1) is 11.6 Å². The van der Waals surface area contributed by atoms with Crippen molar-refractivity contribution in [2.45, 2.75) is 0 Å². The van der Waals surface area contributed by atoms with E-state index in [-0.39, 0.29) is 15.1 Å². The Hall–Kier alpha value is -1.46. The van der Waals surface area contributed by atoms with Gasteiger partial charge in [0.2, 0.25) is 0 Å². The molecular formula is C13H7BrClF2NO. The fraction of sp³-hybridized carbons (Fsp3) is 0. The van der Waals surface area contributed by atoms with Gasteiger partial charge in [0, 0.05) is 15.7 Å². The molecule has 0 radical (unpaired) electrons. The maximum atomic E-state index is 13.7. The smallest absolute Gasteiger partial charge is 0.200 e. The van der Waals surface area contributed by atoms with Crippen molar-refractivity contribution in [2.24, 2.45) is 0 Å². The SMILES string of the molecule is Nc1ccc(C(=O)c2c(F)cc(Br)cc2F)c(Cl)c1. The zero-order valence-corrected chi connectivity index (χ0v) is 11.7. The third kappa shape index (κ3) is 2.77. The average molecular weight is 347 g/mol. The van der Waals surface area contributed by atoms with E-state index in [1.165, 1.54) is 18.2 Å². The minimum atomic E-state index is -0.954. The number of nitrogens with two attached hydrogens (primary N) is 1. The second kappa shape index (κ2) is 5.27. The molecule has 0 saturated carbocycles. The first-order valence-electron chi connectivity index (χ1n) is 5.14. The van der Waals surface area contributed by atoms with Crippen molar-refractivity contribution in [2.75, 3.05) is 5.73 Å². The molecule has 0 heterocycles. The standard InChI is InChI=1S/C13H7BrClF2NO/c14-6-3-10(16)12(11(17)4-6)13(19)8-2-1-7(18)5-9(8)15/h1-5H,18H2. The van der Waals surface area contributed by atoms with E-state index >= 15 is 0 Å². The van der Waals surface area contributed by atoms with Crippen LogP contribution in [0.5, 0.6) is 0 Å². The normalized spacial score (nSPS) is 10.5. The fourth-order valence-electron chi connectivity index (χ4n) is 1.61. The van der Waals surface area contributed by atoms with Crippen LogP contribution in [0.2, 0.25) is 5.02 Å². The van der Waals surface area contributed by atoms with Crippen LogP contribution in [0.25, 0.3) is 0 Å². The van der Waals surface area contributed by atoms with Gasteiger partial charge in [-0.25, -0.2) is 8.78 Å². The van der Waals surface area contributed by atoms with Crippen molar-refractivity contribution in [1.82, 2.24) is 0 Å². The molecular weight excluding hydrogens is 340 g/mol. The van der Waals surface area contributed by atoms with Crippen LogP contribution in [0.3, 0.4) is 0 Å². The van der Waals surface area contributed by atoms with Gasteiger partial charge in [-0.1, -0.05) is 27.5 Å². The first kappa shape index (κ1) is 14.0. The second-order valence-corrected chi connectivity index (χ2v) is 5.14. The molecule has 0 aliphatic carbocycles. The van der Waals surface area contributed by atoms with Crippen molar-refractivity contribution in [3.8, 4) is 0 Å². The molecule has 2 aromatic carbocycles. The first-order valence-corrected chi connectivity index (χ1v) is 6.31. The van der Waals surface area contributed by atoms with E-state index in [2.05, 4.69) is 15.9 Å². The number of rotatable bonds is 2. The summed E-state index contributed by atoms with van der Waals surface area (Å²) in [5, 5.41) is 0.0479. The molecule has 98 valence electrons. The number of anilines is 1. The van der Waals surface area contributed by atoms with Gasteiger partial charge in [0.25, 0.3) is 0 Å². The monoisotopic (exact) mass is 345 g/mol. The highest BCUT2D eigenvalue weighted by Gasteiger charge is 2.21. The molecule has 2 aromatic rings. The lowest BCUT2D eigenvalue weighted by molar-refractivity contribution is 0.103. The lowest BCUT2D eigenvalue weighted by atomic mass is 10.0. The predicted molar refractivity (Wildman–Crippen MR) is 73.4 cm³/mol. The van der Waals surface area contributed by atoms with Gasteiger partial charge in [0.1, 0.15) is 11.6 Å². The molecule has 0 atom stereocenters. The molecule has 0 fully saturated rings. The van der Waals surface area contributed by atoms with Crippen LogP contribution in [-0.4, -0.2) is 5.78 Å². The Labute approximate surface area is 121 Å². The Balaban J connectivity index is 2.56. The molecule has 0 spiro atoms. The van der Waals surface area contributed by atoms with Gasteiger partial charge in [0.15, 0.2) is 5.78 Å². The maximum Gasteiger partial charge on any atom is 0.200 e. The van der Waals surface area contributed by atoms with Crippen LogP contribution in [-0.2, 0) is 0 Å². The van der Waals surface area contributed by atoms with Crippen LogP contribution in [0.15, 0.2) is 34.8 Å². The Morgan fingerprint density at radius 1 is 1.16 bits per heavy atom. The lowest BCUT2D eigenvalue weighted by Crippen LogP contribution is -2.08. The minimum absolute atomic E-state index is 0.00371. The Morgan fingerprint density at radius 2 is 1.74 bits per heavy atom. The molecule has 0 aliphatic heterocycles. The Morgan fingerprint density at radius 3 is 2.26 bits per heavy atom. The average Bonchev–Trinajstić information content (AvgIpc) is 2.26. The second-order valence-electron chi connectivity index (χ2n) is 3.81. The molecule has 6 heteroatoms. The van der Waals surface area contributed by atoms with Gasteiger partial charge >= 0.3 is 0 Å². The van der Waals surface area contributed by atoms with Crippen molar-refractivity contribution in [1.29, 1.82) is 0 Å². The maximum absolute atomic E-state index is 13.7. The summed E-state index contributed by atoms with van der Waals surface area (Å²) >= 11 is 8.80. The summed E-state index contributed by atoms with van der Waals surface area (Å²) in [6.45, 7) is 0. The van der Waals surface area contributed by atoms with Crippen LogP contribution in [0.4, 0.5) is 14.5 Å². The van der Waals surface area contributed by atoms with Gasteiger partial charge in [-0.2, -0.15) is 0 Å². The Bertz CT molecular complexity index is 653. The number of halogens is 4. The summed E-state index contributed by atoms with van der Waals surface area (Å²) in [5.74, 6) is -2.73. The van der Waals surface area contributed by atoms with E-state index < -0.39 is 23.0 Å². The van der Waals surface area contributed by atoms with Crippen LogP contribution in [0.1, 0.15) is 15.9 Å². The molecule has 0 aliphatic rings. The summed E-state index contributed by atoms with van der Waals surface area (Å²) in [4.78, 5) is 12.1. The summed E-state index contributed by atoms with van der Waals surface area (Å²) in [6.07, 6.45) is 0. The van der Waals surface area contributed by atoms with E-state index in [9.17, 15) is 13.6 Å². The van der Waals surface area contributed by atoms with Crippen molar-refractivity contribution < 1.29 is 13.6 Å². The third-order valence-corrected chi connectivity index (χ3v) is 3.24. The van der Waals surface area contributed by atoms with E-state index in [0.29, 0.717) is 5.69 Å². The summed E-state index contributed by atoms with van der Waals surface area (Å²) in [7, 11) is 0. The number of nitrogen functional groups attached to an aromatic ring is 1. The molecule has 0 bridgehead atoms. The highest BCUT2D eigenvalue weighted by atomic mass is 79.9. The van der Waals surface area contributed by atoms with Crippen molar-refractivity contribution in [3.63, 3.8) is 0 Å². The van der Waals surface area contributed by atoms with Gasteiger partial charge in [-0.3, -0.25) is 4.79 Å². The summed E-state index contributed by atoms with van der Waals surface area (Å²) in [5.41, 5.74) is 5.21. The van der Waals surface area contributed by atoms with Gasteiger partial charge in [-0.15, -0.1) is 0 Å². The zero-order chi connectivity index (χ0) is 14.2. The summed E-state index contributed by atoms with van der Waals surface area (Å²) < 4.78 is 27.6. The van der Waals surface area contributed by atoms with Crippen molar-refractivity contribution in [3.05, 3.63) is 62.6 Å². The van der Waals surface area contributed by atoms with Crippen molar-refractivity contribution >= 4 is 39.0 Å². The molecule has 19 heavy (non-hydrogen) atoms. The molecule has 2 nitrogen and oxygen atoms in total. The van der Waals surface area contributed by atoms with E-state index in [1.807, 2.05) is 0 Å². The topological polar surface area (TPSA) is 43.1 Å². The largest absolute Gasteiger partial charge is 0.399 e.